The standard InChI is InChI=1S/C27H21N3O2/c1-18-11-13-23(26(31)29-30-27(32)24-9-5-3-7-19(24)2)16-21(18)14-12-20-15-22-8-4-6-10-25(22)28-17-20/h3-11,13,15-17H,1-2H3,(H,29,31)(H,30,32). The lowest BCUT2D eigenvalue weighted by atomic mass is 10.0. The Labute approximate surface area is 186 Å². The van der Waals surface area contributed by atoms with Crippen LogP contribution >= 0.6 is 0 Å². The topological polar surface area (TPSA) is 71.1 Å². The molecule has 0 saturated heterocycles. The van der Waals surface area contributed by atoms with Gasteiger partial charge in [0.05, 0.1) is 5.52 Å². The number of aryl methyl sites for hydroxylation is 2. The van der Waals surface area contributed by atoms with Crippen molar-refractivity contribution < 1.29 is 9.59 Å². The maximum Gasteiger partial charge on any atom is 0.269 e. The molecule has 32 heavy (non-hydrogen) atoms. The second-order valence-electron chi connectivity index (χ2n) is 7.42. The van der Waals surface area contributed by atoms with Crippen LogP contribution in [-0.4, -0.2) is 16.8 Å². The van der Waals surface area contributed by atoms with Crippen molar-refractivity contribution in [3.63, 3.8) is 0 Å². The van der Waals surface area contributed by atoms with Gasteiger partial charge in [-0.1, -0.05) is 54.3 Å². The summed E-state index contributed by atoms with van der Waals surface area (Å²) in [5.41, 5.74) is 10.1. The highest BCUT2D eigenvalue weighted by molar-refractivity contribution is 6.00. The maximum atomic E-state index is 12.6. The molecule has 2 N–H and O–H groups in total. The summed E-state index contributed by atoms with van der Waals surface area (Å²) >= 11 is 0. The zero-order valence-electron chi connectivity index (χ0n) is 17.8. The lowest BCUT2D eigenvalue weighted by molar-refractivity contribution is 0.0846. The number of fused-ring (bicyclic) bond motifs is 1. The van der Waals surface area contributed by atoms with Crippen LogP contribution in [0.3, 0.4) is 0 Å². The van der Waals surface area contributed by atoms with Gasteiger partial charge in [-0.3, -0.25) is 25.4 Å². The number of hydrazine groups is 1. The molecule has 0 unspecified atom stereocenters. The van der Waals surface area contributed by atoms with Gasteiger partial charge in [-0.15, -0.1) is 0 Å². The summed E-state index contributed by atoms with van der Waals surface area (Å²) in [7, 11) is 0. The molecule has 0 aliphatic heterocycles. The molecule has 5 nitrogen and oxygen atoms in total. The summed E-state index contributed by atoms with van der Waals surface area (Å²) in [6.45, 7) is 3.77. The molecular formula is C27H21N3O2. The van der Waals surface area contributed by atoms with Gasteiger partial charge in [0.1, 0.15) is 0 Å². The number of hydrogen-bond acceptors (Lipinski definition) is 3. The largest absolute Gasteiger partial charge is 0.269 e. The molecular weight excluding hydrogens is 398 g/mol. The normalized spacial score (nSPS) is 10.2. The molecule has 0 bridgehead atoms. The first-order valence-corrected chi connectivity index (χ1v) is 10.1. The molecule has 4 rings (SSSR count). The van der Waals surface area contributed by atoms with E-state index in [-0.39, 0.29) is 5.91 Å². The molecule has 4 aromatic rings. The van der Waals surface area contributed by atoms with E-state index in [9.17, 15) is 9.59 Å². The molecule has 0 atom stereocenters. The third-order valence-corrected chi connectivity index (χ3v) is 5.11. The zero-order valence-corrected chi connectivity index (χ0v) is 17.8. The molecule has 5 heteroatoms. The summed E-state index contributed by atoms with van der Waals surface area (Å²) < 4.78 is 0. The second kappa shape index (κ2) is 9.15. The number of benzene rings is 3. The highest BCUT2D eigenvalue weighted by atomic mass is 16.2. The molecule has 0 aliphatic carbocycles. The Morgan fingerprint density at radius 3 is 2.38 bits per heavy atom. The van der Waals surface area contributed by atoms with Gasteiger partial charge in [0.25, 0.3) is 11.8 Å². The predicted molar refractivity (Wildman–Crippen MR) is 125 cm³/mol. The van der Waals surface area contributed by atoms with Crippen LogP contribution in [0, 0.1) is 25.7 Å². The van der Waals surface area contributed by atoms with E-state index in [1.54, 1.807) is 30.5 Å². The SMILES string of the molecule is Cc1ccc(C(=O)NNC(=O)c2ccccc2C)cc1C#Cc1cnc2ccccc2c1. The van der Waals surface area contributed by atoms with E-state index in [4.69, 9.17) is 0 Å². The van der Waals surface area contributed by atoms with Crippen molar-refractivity contribution >= 4 is 22.7 Å². The van der Waals surface area contributed by atoms with E-state index in [1.165, 1.54) is 0 Å². The van der Waals surface area contributed by atoms with E-state index in [0.717, 1.165) is 33.2 Å². The van der Waals surface area contributed by atoms with Gasteiger partial charge >= 0.3 is 0 Å². The predicted octanol–water partition coefficient (Wildman–Crippen LogP) is 4.33. The summed E-state index contributed by atoms with van der Waals surface area (Å²) in [4.78, 5) is 29.3. The average molecular weight is 419 g/mol. The minimum Gasteiger partial charge on any atom is -0.267 e. The lowest BCUT2D eigenvalue weighted by Gasteiger charge is -2.10. The number of pyridine rings is 1. The first-order valence-electron chi connectivity index (χ1n) is 10.1. The lowest BCUT2D eigenvalue weighted by Crippen LogP contribution is -2.41. The van der Waals surface area contributed by atoms with Crippen molar-refractivity contribution in [1.82, 2.24) is 15.8 Å². The van der Waals surface area contributed by atoms with Crippen LogP contribution in [0.1, 0.15) is 43.0 Å². The quantitative estimate of drug-likeness (QED) is 0.375. The fraction of sp³-hybridized carbons (Fsp3) is 0.0741. The van der Waals surface area contributed by atoms with Gasteiger partial charge in [-0.2, -0.15) is 0 Å². The van der Waals surface area contributed by atoms with Crippen molar-refractivity contribution in [2.75, 3.05) is 0 Å². The first-order chi connectivity index (χ1) is 15.5. The van der Waals surface area contributed by atoms with E-state index >= 15 is 0 Å². The van der Waals surface area contributed by atoms with Crippen LogP contribution < -0.4 is 10.9 Å². The van der Waals surface area contributed by atoms with Crippen molar-refractivity contribution in [2.45, 2.75) is 13.8 Å². The van der Waals surface area contributed by atoms with Crippen molar-refractivity contribution in [3.05, 3.63) is 112 Å². The van der Waals surface area contributed by atoms with Crippen LogP contribution in [0.4, 0.5) is 0 Å². The van der Waals surface area contributed by atoms with Crippen LogP contribution in [0.25, 0.3) is 10.9 Å². The Morgan fingerprint density at radius 2 is 1.53 bits per heavy atom. The third-order valence-electron chi connectivity index (χ3n) is 5.11. The molecule has 1 heterocycles. The van der Waals surface area contributed by atoms with Gasteiger partial charge in [0, 0.05) is 33.8 Å². The Kier molecular flexibility index (Phi) is 5.96. The van der Waals surface area contributed by atoms with Crippen molar-refractivity contribution in [1.29, 1.82) is 0 Å². The molecule has 0 radical (unpaired) electrons. The van der Waals surface area contributed by atoms with Crippen LogP contribution in [0.2, 0.25) is 0 Å². The van der Waals surface area contributed by atoms with Gasteiger partial charge in [0.15, 0.2) is 0 Å². The molecule has 0 fully saturated rings. The Morgan fingerprint density at radius 1 is 0.781 bits per heavy atom. The Bertz CT molecular complexity index is 1400. The van der Waals surface area contributed by atoms with E-state index < -0.39 is 5.91 Å². The number of nitrogens with zero attached hydrogens (tertiary/aromatic N) is 1. The maximum absolute atomic E-state index is 12.6. The van der Waals surface area contributed by atoms with Gasteiger partial charge < -0.3 is 0 Å². The number of aromatic nitrogens is 1. The number of nitrogens with one attached hydrogen (secondary N) is 2. The second-order valence-corrected chi connectivity index (χ2v) is 7.42. The molecule has 2 amide bonds. The van der Waals surface area contributed by atoms with Crippen molar-refractivity contribution in [2.24, 2.45) is 0 Å². The van der Waals surface area contributed by atoms with Crippen LogP contribution in [0.15, 0.2) is 79.0 Å². The fourth-order valence-electron chi connectivity index (χ4n) is 3.26. The number of para-hydroxylation sites is 1. The molecule has 156 valence electrons. The zero-order chi connectivity index (χ0) is 22.5. The molecule has 1 aromatic heterocycles. The average Bonchev–Trinajstić information content (AvgIpc) is 2.82. The van der Waals surface area contributed by atoms with Crippen LogP contribution in [-0.2, 0) is 0 Å². The third kappa shape index (κ3) is 4.66. The summed E-state index contributed by atoms with van der Waals surface area (Å²) in [5, 5.41) is 1.02. The van der Waals surface area contributed by atoms with Gasteiger partial charge in [0.2, 0.25) is 0 Å². The monoisotopic (exact) mass is 419 g/mol. The highest BCUT2D eigenvalue weighted by Crippen LogP contribution is 2.14. The first kappa shape index (κ1) is 20.8. The number of hydrogen-bond donors (Lipinski definition) is 2. The number of carbonyl (C=O) groups excluding carboxylic acids is 2. The smallest absolute Gasteiger partial charge is 0.267 e. The highest BCUT2D eigenvalue weighted by Gasteiger charge is 2.11. The van der Waals surface area contributed by atoms with Crippen molar-refractivity contribution in [3.8, 4) is 11.8 Å². The molecule has 0 spiro atoms. The van der Waals surface area contributed by atoms with E-state index in [1.807, 2.05) is 62.4 Å². The van der Waals surface area contributed by atoms with E-state index in [0.29, 0.717) is 11.1 Å². The summed E-state index contributed by atoms with van der Waals surface area (Å²) in [5.74, 6) is 5.47. The molecule has 0 saturated carbocycles. The fourth-order valence-corrected chi connectivity index (χ4v) is 3.26. The number of amides is 2. The number of carbonyl (C=O) groups is 2. The minimum absolute atomic E-state index is 0.368. The van der Waals surface area contributed by atoms with Gasteiger partial charge in [-0.25, -0.2) is 0 Å². The van der Waals surface area contributed by atoms with Gasteiger partial charge in [-0.05, 0) is 55.3 Å². The Hall–Kier alpha value is -4.43. The molecule has 0 aliphatic rings. The van der Waals surface area contributed by atoms with Crippen LogP contribution in [0.5, 0.6) is 0 Å². The summed E-state index contributed by atoms with van der Waals surface area (Å²) in [6.07, 6.45) is 1.74. The Balaban J connectivity index is 1.50. The van der Waals surface area contributed by atoms with E-state index in [2.05, 4.69) is 27.7 Å². The number of rotatable bonds is 2. The molecule has 3 aromatic carbocycles. The minimum atomic E-state index is -0.414. The summed E-state index contributed by atoms with van der Waals surface area (Å²) in [6, 6.07) is 22.3.